The third-order valence-electron chi connectivity index (χ3n) is 10.3. The van der Waals surface area contributed by atoms with Crippen molar-refractivity contribution in [3.63, 3.8) is 0 Å². The molecule has 0 spiro atoms. The molecule has 0 bridgehead atoms. The molecular weight excluding hydrogens is 966 g/mol. The van der Waals surface area contributed by atoms with Gasteiger partial charge in [-0.2, -0.15) is 0 Å². The number of azide groups is 1. The number of hydrogen-bond donors (Lipinski definition) is 22. The van der Waals surface area contributed by atoms with E-state index in [9.17, 15) is 107 Å². The molecule has 33 nitrogen and oxygen atoms in total. The van der Waals surface area contributed by atoms with Gasteiger partial charge in [-0.3, -0.25) is 0 Å². The second kappa shape index (κ2) is 30.0. The Morgan fingerprint density at radius 1 is 0.500 bits per heavy atom. The van der Waals surface area contributed by atoms with Crippen molar-refractivity contribution in [2.45, 2.75) is 137 Å². The molecule has 2 fully saturated rings. The minimum absolute atomic E-state index is 0.487. The Hall–Kier alpha value is -4.21. The van der Waals surface area contributed by atoms with Crippen LogP contribution in [0.25, 0.3) is 10.4 Å². The summed E-state index contributed by atoms with van der Waals surface area (Å²) >= 11 is 0. The molecule has 0 aliphatic carbocycles. The van der Waals surface area contributed by atoms with Crippen LogP contribution in [0, 0.1) is 0 Å². The Kier molecular flexibility index (Phi) is 26.5. The van der Waals surface area contributed by atoms with E-state index in [0.29, 0.717) is 0 Å². The predicted octanol–water partition coefficient (Wildman–Crippen LogP) is -5.77. The van der Waals surface area contributed by atoms with E-state index in [1.165, 1.54) is 0 Å². The zero-order valence-corrected chi connectivity index (χ0v) is 36.9. The van der Waals surface area contributed by atoms with Crippen molar-refractivity contribution in [1.29, 1.82) is 0 Å². The van der Waals surface area contributed by atoms with Crippen LogP contribution in [0.3, 0.4) is 0 Å². The average Bonchev–Trinajstić information content (AvgIpc) is 3.34. The van der Waals surface area contributed by atoms with Crippen molar-refractivity contribution in [3.05, 3.63) is 56.5 Å². The Morgan fingerprint density at radius 2 is 0.886 bits per heavy atom. The molecule has 18 unspecified atom stereocenters. The summed E-state index contributed by atoms with van der Waals surface area (Å²) < 4.78 is 41.6. The van der Waals surface area contributed by atoms with Crippen molar-refractivity contribution in [1.82, 2.24) is 0 Å². The Bertz CT molecular complexity index is 1760. The molecule has 33 heteroatoms. The van der Waals surface area contributed by atoms with E-state index < -0.39 is 222 Å². The molecule has 2 aliphatic heterocycles. The van der Waals surface area contributed by atoms with E-state index >= 15 is 0 Å². The summed E-state index contributed by atoms with van der Waals surface area (Å²) in [7, 11) is 0.933. The molecule has 2 heterocycles. The van der Waals surface area contributed by atoms with Crippen LogP contribution in [0.5, 0.6) is 0 Å². The second-order valence-electron chi connectivity index (χ2n) is 15.0. The lowest BCUT2D eigenvalue weighted by Gasteiger charge is -2.43. The van der Waals surface area contributed by atoms with Crippen LogP contribution in [-0.2, 0) is 37.9 Å². The van der Waals surface area contributed by atoms with E-state index in [4.69, 9.17) is 43.8 Å². The first-order valence-corrected chi connectivity index (χ1v) is 20.8. The molecule has 0 aromatic carbocycles. The molecule has 0 radical (unpaired) electrons. The summed E-state index contributed by atoms with van der Waals surface area (Å²) in [5.74, 6) is -10.8. The highest BCUT2D eigenvalue weighted by atomic mass is 16.7. The third kappa shape index (κ3) is 16.4. The summed E-state index contributed by atoms with van der Waals surface area (Å²) in [5.41, 5.74) is 9.00. The van der Waals surface area contributed by atoms with Gasteiger partial charge >= 0.3 is 0 Å². The molecule has 18 atom stereocenters. The largest absolute Gasteiger partial charge is 0.506 e. The van der Waals surface area contributed by atoms with Crippen molar-refractivity contribution in [2.24, 2.45) is 5.11 Å². The Labute approximate surface area is 395 Å². The zero-order valence-electron chi connectivity index (χ0n) is 36.9. The summed E-state index contributed by atoms with van der Waals surface area (Å²) in [6.07, 6.45) is -41.1. The fraction of sp³-hybridized carbons (Fsp3) is 0.784. The van der Waals surface area contributed by atoms with Gasteiger partial charge in [-0.05, 0) is 5.53 Å². The van der Waals surface area contributed by atoms with E-state index in [-0.39, 0.29) is 0 Å². The maximum atomic E-state index is 11.1. The van der Waals surface area contributed by atoms with E-state index in [1.54, 1.807) is 0 Å². The standard InChI is InChI=1S/C37H63N3O30/c1-63-32(59)25(54)19(48)13(3-7-42)64-33(60)26(55)20(49)14(4-8-43)65-36-28(57)22(51)30(16(67-36)10-39-40-38)69-35(62)27(56)21(50)15(5-9-44)66-37-29(58)23(52)31(17(11-45)68-37)70-34(61)24(53)18(47)12(46)2-6-41/h12-17,22-23,28-37,41-62H,2-11H2,1H3/b24-18+,25-19-,26-20-,27-21+. The summed E-state index contributed by atoms with van der Waals surface area (Å²) in [5, 5.41) is 229. The summed E-state index contributed by atoms with van der Waals surface area (Å²) in [6.45, 7) is -5.07. The van der Waals surface area contributed by atoms with Crippen LogP contribution >= 0.6 is 0 Å². The molecule has 0 amide bonds. The van der Waals surface area contributed by atoms with Crippen molar-refractivity contribution < 1.29 is 150 Å². The number of aliphatic hydroxyl groups is 22. The number of aliphatic hydroxyl groups excluding tert-OH is 22. The van der Waals surface area contributed by atoms with Gasteiger partial charge in [0, 0.05) is 64.1 Å². The maximum absolute atomic E-state index is 11.1. The van der Waals surface area contributed by atoms with Gasteiger partial charge in [0.05, 0.1) is 19.3 Å². The number of methoxy groups -OCH3 is 1. The summed E-state index contributed by atoms with van der Waals surface area (Å²) in [6, 6.07) is 0. The van der Waals surface area contributed by atoms with Gasteiger partial charge in [0.2, 0.25) is 25.2 Å². The number of ether oxygens (including phenoxy) is 8. The quantitative estimate of drug-likeness (QED) is 0.0105. The lowest BCUT2D eigenvalue weighted by atomic mass is 9.98. The minimum atomic E-state index is -2.75. The SMILES string of the molecule is COC(O)/C(O)=C(/O)C(CCO)OC(O)/C(O)=C(/O)C(CCO)OC1OC(CN=[N+]=[N-])C(OC(O)/C(O)=C(\O)C(CCO)OC2OC(CO)C(OC(O)/C(O)=C(\O)C(O)CCO)C(O)C2O)C(O)C1O. The summed E-state index contributed by atoms with van der Waals surface area (Å²) in [4.78, 5) is 2.53. The predicted molar refractivity (Wildman–Crippen MR) is 220 cm³/mol. The topological polar surface area (TPSA) is 568 Å². The van der Waals surface area contributed by atoms with E-state index in [2.05, 4.69) is 14.8 Å². The molecule has 0 saturated carbocycles. The van der Waals surface area contributed by atoms with Crippen LogP contribution in [0.4, 0.5) is 0 Å². The molecule has 406 valence electrons. The van der Waals surface area contributed by atoms with Crippen LogP contribution in [0.2, 0.25) is 0 Å². The van der Waals surface area contributed by atoms with Gasteiger partial charge in [0.15, 0.2) is 58.7 Å². The molecule has 2 rings (SSSR count). The number of nitrogens with zero attached hydrogens (tertiary/aromatic N) is 3. The van der Waals surface area contributed by atoms with Gasteiger partial charge in [-0.15, -0.1) is 0 Å². The van der Waals surface area contributed by atoms with Gasteiger partial charge in [-0.25, -0.2) is 0 Å². The highest BCUT2D eigenvalue weighted by Gasteiger charge is 2.50. The molecule has 0 aromatic heterocycles. The molecule has 22 N–H and O–H groups in total. The average molecular weight is 1030 g/mol. The second-order valence-corrected chi connectivity index (χ2v) is 15.0. The molecule has 0 aromatic rings. The van der Waals surface area contributed by atoms with Crippen LogP contribution in [0.1, 0.15) is 25.7 Å². The fourth-order valence-corrected chi connectivity index (χ4v) is 6.46. The monoisotopic (exact) mass is 1030 g/mol. The zero-order chi connectivity index (χ0) is 53.2. The Balaban J connectivity index is 2.35. The molecule has 70 heavy (non-hydrogen) atoms. The van der Waals surface area contributed by atoms with E-state index in [0.717, 1.165) is 7.11 Å². The highest BCUT2D eigenvalue weighted by molar-refractivity contribution is 5.12. The van der Waals surface area contributed by atoms with Crippen molar-refractivity contribution in [2.75, 3.05) is 46.7 Å². The Morgan fingerprint density at radius 3 is 1.31 bits per heavy atom. The highest BCUT2D eigenvalue weighted by Crippen LogP contribution is 2.32. The first-order chi connectivity index (χ1) is 33.0. The molecule has 2 saturated heterocycles. The first kappa shape index (κ1) is 61.9. The fourth-order valence-electron chi connectivity index (χ4n) is 6.46. The minimum Gasteiger partial charge on any atom is -0.506 e. The molecule has 2 aliphatic rings. The van der Waals surface area contributed by atoms with Gasteiger partial charge in [-0.1, -0.05) is 5.11 Å². The van der Waals surface area contributed by atoms with Gasteiger partial charge in [0.25, 0.3) is 0 Å². The molecular formula is C37H63N3O30. The van der Waals surface area contributed by atoms with Crippen LogP contribution in [-0.4, -0.2) is 270 Å². The lowest BCUT2D eigenvalue weighted by Crippen LogP contribution is -2.61. The lowest BCUT2D eigenvalue weighted by molar-refractivity contribution is -0.330. The number of hydrogen-bond acceptors (Lipinski definition) is 31. The van der Waals surface area contributed by atoms with Crippen LogP contribution < -0.4 is 0 Å². The smallest absolute Gasteiger partial charge is 0.218 e. The van der Waals surface area contributed by atoms with Gasteiger partial charge in [0.1, 0.15) is 67.1 Å². The first-order valence-electron chi connectivity index (χ1n) is 20.8. The van der Waals surface area contributed by atoms with E-state index in [1.807, 2.05) is 0 Å². The van der Waals surface area contributed by atoms with Gasteiger partial charge < -0.3 is 150 Å². The number of rotatable bonds is 30. The normalized spacial score (nSPS) is 30.2. The van der Waals surface area contributed by atoms with Crippen LogP contribution in [0.15, 0.2) is 51.2 Å². The maximum Gasteiger partial charge on any atom is 0.218 e. The van der Waals surface area contributed by atoms with Crippen molar-refractivity contribution >= 4 is 0 Å². The van der Waals surface area contributed by atoms with Crippen molar-refractivity contribution in [3.8, 4) is 0 Å². The third-order valence-corrected chi connectivity index (χ3v) is 10.3.